The van der Waals surface area contributed by atoms with Crippen molar-refractivity contribution in [2.24, 2.45) is 0 Å². The third-order valence-electron chi connectivity index (χ3n) is 6.91. The number of carbonyl (C=O) groups is 2. The average Bonchev–Trinajstić information content (AvgIpc) is 2.90. The van der Waals surface area contributed by atoms with Crippen molar-refractivity contribution in [1.29, 1.82) is 0 Å². The van der Waals surface area contributed by atoms with E-state index in [1.165, 1.54) is 6.42 Å². The smallest absolute Gasteiger partial charge is 0.243 e. The Hall–Kier alpha value is -2.53. The van der Waals surface area contributed by atoms with Crippen LogP contribution in [0.5, 0.6) is 0 Å². The molecule has 1 aliphatic carbocycles. The van der Waals surface area contributed by atoms with Crippen LogP contribution in [0.15, 0.2) is 72.8 Å². The molecule has 0 bridgehead atoms. The molecular formula is C30H31Cl3N2O2. The lowest BCUT2D eigenvalue weighted by Crippen LogP contribution is -2.53. The van der Waals surface area contributed by atoms with E-state index >= 15 is 0 Å². The van der Waals surface area contributed by atoms with Crippen molar-refractivity contribution < 1.29 is 9.59 Å². The van der Waals surface area contributed by atoms with Gasteiger partial charge in [0.15, 0.2) is 0 Å². The molecule has 0 aromatic heterocycles. The number of nitrogens with zero attached hydrogens (tertiary/aromatic N) is 1. The van der Waals surface area contributed by atoms with E-state index in [0.29, 0.717) is 27.1 Å². The number of amides is 2. The first-order valence-corrected chi connectivity index (χ1v) is 13.9. The van der Waals surface area contributed by atoms with E-state index in [4.69, 9.17) is 34.8 Å². The largest absolute Gasteiger partial charge is 0.352 e. The first-order chi connectivity index (χ1) is 17.9. The molecule has 1 saturated carbocycles. The van der Waals surface area contributed by atoms with E-state index in [0.717, 1.165) is 36.8 Å². The SMILES string of the molecule is O=C(NC1CCCCC1)C(Cc1ccccc1)N(Cc1ccccc1Cl)C(=O)Cc1c(Cl)cccc1Cl. The second-order valence-electron chi connectivity index (χ2n) is 9.54. The van der Waals surface area contributed by atoms with Crippen LogP contribution in [0.2, 0.25) is 15.1 Å². The van der Waals surface area contributed by atoms with Crippen LogP contribution >= 0.6 is 34.8 Å². The molecular weight excluding hydrogens is 527 g/mol. The van der Waals surface area contributed by atoms with Gasteiger partial charge in [0.2, 0.25) is 11.8 Å². The fourth-order valence-electron chi connectivity index (χ4n) is 4.86. The minimum Gasteiger partial charge on any atom is -0.352 e. The standard InChI is InChI=1S/C30H31Cl3N2O2/c31-25-15-8-7-12-22(25)20-35(29(36)19-24-26(32)16-9-17-27(24)33)28(18-21-10-3-1-4-11-21)30(37)34-23-13-5-2-6-14-23/h1,3-4,7-12,15-17,23,28H,2,5-6,13-14,18-20H2,(H,34,37). The van der Waals surface area contributed by atoms with Gasteiger partial charge in [0, 0.05) is 34.1 Å². The topological polar surface area (TPSA) is 49.4 Å². The van der Waals surface area contributed by atoms with E-state index in [1.807, 2.05) is 48.5 Å². The summed E-state index contributed by atoms with van der Waals surface area (Å²) in [5, 5.41) is 4.63. The van der Waals surface area contributed by atoms with Crippen LogP contribution in [0.25, 0.3) is 0 Å². The molecule has 4 nitrogen and oxygen atoms in total. The number of hydrogen-bond acceptors (Lipinski definition) is 2. The molecule has 194 valence electrons. The Morgan fingerprint density at radius 2 is 1.43 bits per heavy atom. The molecule has 2 amide bonds. The maximum atomic E-state index is 13.9. The highest BCUT2D eigenvalue weighted by molar-refractivity contribution is 6.36. The molecule has 0 radical (unpaired) electrons. The minimum atomic E-state index is -0.727. The molecule has 1 aliphatic rings. The summed E-state index contributed by atoms with van der Waals surface area (Å²) in [6.45, 7) is 0.191. The highest BCUT2D eigenvalue weighted by Crippen LogP contribution is 2.27. The summed E-state index contributed by atoms with van der Waals surface area (Å²) in [6, 6.07) is 21.7. The molecule has 4 rings (SSSR count). The van der Waals surface area contributed by atoms with E-state index in [-0.39, 0.29) is 30.8 Å². The molecule has 0 spiro atoms. The Balaban J connectivity index is 1.69. The third kappa shape index (κ3) is 7.50. The van der Waals surface area contributed by atoms with E-state index < -0.39 is 6.04 Å². The van der Waals surface area contributed by atoms with Crippen molar-refractivity contribution in [2.45, 2.75) is 63.6 Å². The number of nitrogens with one attached hydrogen (secondary N) is 1. The van der Waals surface area contributed by atoms with Gasteiger partial charge in [0.1, 0.15) is 6.04 Å². The van der Waals surface area contributed by atoms with Crippen LogP contribution in [-0.2, 0) is 29.0 Å². The van der Waals surface area contributed by atoms with E-state index in [9.17, 15) is 9.59 Å². The number of carbonyl (C=O) groups excluding carboxylic acids is 2. The van der Waals surface area contributed by atoms with E-state index in [2.05, 4.69) is 5.32 Å². The van der Waals surface area contributed by atoms with Gasteiger partial charge in [0.05, 0.1) is 6.42 Å². The predicted molar refractivity (Wildman–Crippen MR) is 151 cm³/mol. The second-order valence-corrected chi connectivity index (χ2v) is 10.8. The lowest BCUT2D eigenvalue weighted by molar-refractivity contribution is -0.141. The van der Waals surface area contributed by atoms with Gasteiger partial charge in [-0.1, -0.05) is 109 Å². The van der Waals surface area contributed by atoms with Crippen molar-refractivity contribution in [2.75, 3.05) is 0 Å². The molecule has 0 aliphatic heterocycles. The van der Waals surface area contributed by atoms with Gasteiger partial charge in [0.25, 0.3) is 0 Å². The summed E-state index contributed by atoms with van der Waals surface area (Å²) in [5.74, 6) is -0.393. The lowest BCUT2D eigenvalue weighted by atomic mass is 9.94. The van der Waals surface area contributed by atoms with Gasteiger partial charge in [-0.2, -0.15) is 0 Å². The van der Waals surface area contributed by atoms with Crippen LogP contribution in [0.4, 0.5) is 0 Å². The normalized spacial score (nSPS) is 14.7. The summed E-state index contributed by atoms with van der Waals surface area (Å²) in [5.41, 5.74) is 2.29. The van der Waals surface area contributed by atoms with E-state index in [1.54, 1.807) is 29.2 Å². The Bertz CT molecular complexity index is 1190. The molecule has 3 aromatic rings. The highest BCUT2D eigenvalue weighted by Gasteiger charge is 2.32. The van der Waals surface area contributed by atoms with Gasteiger partial charge < -0.3 is 10.2 Å². The molecule has 1 unspecified atom stereocenters. The summed E-state index contributed by atoms with van der Waals surface area (Å²) in [4.78, 5) is 29.4. The van der Waals surface area contributed by atoms with Crippen LogP contribution in [0.3, 0.4) is 0 Å². The average molecular weight is 558 g/mol. The van der Waals surface area contributed by atoms with Crippen molar-refractivity contribution >= 4 is 46.6 Å². The number of halogens is 3. The second kappa shape index (κ2) is 13.3. The molecule has 7 heteroatoms. The zero-order chi connectivity index (χ0) is 26.2. The fraction of sp³-hybridized carbons (Fsp3) is 0.333. The Kier molecular flexibility index (Phi) is 9.90. The Morgan fingerprint density at radius 3 is 2.11 bits per heavy atom. The monoisotopic (exact) mass is 556 g/mol. The molecule has 37 heavy (non-hydrogen) atoms. The molecule has 1 fully saturated rings. The first kappa shape index (κ1) is 27.5. The van der Waals surface area contributed by atoms with Gasteiger partial charge in [-0.05, 0) is 47.7 Å². The lowest BCUT2D eigenvalue weighted by Gasteiger charge is -2.34. The zero-order valence-corrected chi connectivity index (χ0v) is 22.9. The summed E-state index contributed by atoms with van der Waals surface area (Å²) in [6.07, 6.45) is 5.66. The highest BCUT2D eigenvalue weighted by atomic mass is 35.5. The Morgan fingerprint density at radius 1 is 0.811 bits per heavy atom. The zero-order valence-electron chi connectivity index (χ0n) is 20.6. The van der Waals surface area contributed by atoms with Crippen LogP contribution in [-0.4, -0.2) is 28.8 Å². The first-order valence-electron chi connectivity index (χ1n) is 12.7. The van der Waals surface area contributed by atoms with Gasteiger partial charge >= 0.3 is 0 Å². The van der Waals surface area contributed by atoms with Crippen LogP contribution in [0, 0.1) is 0 Å². The summed E-state index contributed by atoms with van der Waals surface area (Å²) in [7, 11) is 0. The maximum Gasteiger partial charge on any atom is 0.243 e. The summed E-state index contributed by atoms with van der Waals surface area (Å²) < 4.78 is 0. The van der Waals surface area contributed by atoms with Crippen molar-refractivity contribution in [3.8, 4) is 0 Å². The quantitative estimate of drug-likeness (QED) is 0.301. The molecule has 0 heterocycles. The van der Waals surface area contributed by atoms with Crippen LogP contribution in [0.1, 0.15) is 48.8 Å². The van der Waals surface area contributed by atoms with Gasteiger partial charge in [-0.15, -0.1) is 0 Å². The van der Waals surface area contributed by atoms with Crippen molar-refractivity contribution in [3.63, 3.8) is 0 Å². The van der Waals surface area contributed by atoms with Crippen LogP contribution < -0.4 is 5.32 Å². The predicted octanol–water partition coefficient (Wildman–Crippen LogP) is 7.28. The van der Waals surface area contributed by atoms with Crippen molar-refractivity contribution in [3.05, 3.63) is 105 Å². The van der Waals surface area contributed by atoms with Gasteiger partial charge in [-0.3, -0.25) is 9.59 Å². The number of hydrogen-bond donors (Lipinski definition) is 1. The molecule has 1 atom stereocenters. The summed E-state index contributed by atoms with van der Waals surface area (Å²) >= 11 is 19.3. The number of rotatable bonds is 9. The number of benzene rings is 3. The molecule has 3 aromatic carbocycles. The third-order valence-corrected chi connectivity index (χ3v) is 7.99. The molecule has 1 N–H and O–H groups in total. The Labute approximate surface area is 233 Å². The van der Waals surface area contributed by atoms with Gasteiger partial charge in [-0.25, -0.2) is 0 Å². The fourth-order valence-corrected chi connectivity index (χ4v) is 5.59. The molecule has 0 saturated heterocycles. The maximum absolute atomic E-state index is 13.9. The van der Waals surface area contributed by atoms with Crippen molar-refractivity contribution in [1.82, 2.24) is 10.2 Å². The minimum absolute atomic E-state index is 0.0229.